The first-order valence-corrected chi connectivity index (χ1v) is 7.50. The number of Topliss-reactive ketones (excluding diaryl/α,β-unsaturated/α-hetero) is 1. The Kier molecular flexibility index (Phi) is 6.31. The number of rotatable bonds is 7. The van der Waals surface area contributed by atoms with Gasteiger partial charge in [-0.15, -0.1) is 0 Å². The first-order valence-electron chi connectivity index (χ1n) is 5.74. The summed E-state index contributed by atoms with van der Waals surface area (Å²) in [6.07, 6.45) is 2.12. The highest BCUT2D eigenvalue weighted by atomic mass is 31.2. The molecular weight excluding hydrogens is 239 g/mol. The van der Waals surface area contributed by atoms with Crippen LogP contribution < -0.4 is 0 Å². The highest BCUT2D eigenvalue weighted by molar-refractivity contribution is 7.53. The number of allylic oxidation sites excluding steroid dienone is 2. The maximum absolute atomic E-state index is 11.9. The molecule has 0 aliphatic carbocycles. The van der Waals surface area contributed by atoms with Crippen LogP contribution in [0.1, 0.15) is 41.0 Å². The Bertz CT molecular complexity index is 340. The lowest BCUT2D eigenvalue weighted by Crippen LogP contribution is -2.27. The predicted octanol–water partition coefficient (Wildman–Crippen LogP) is 3.16. The van der Waals surface area contributed by atoms with Crippen molar-refractivity contribution in [3.05, 3.63) is 11.6 Å². The van der Waals surface area contributed by atoms with E-state index in [4.69, 9.17) is 4.52 Å². The van der Waals surface area contributed by atoms with Crippen LogP contribution in [0.25, 0.3) is 0 Å². The number of hydrogen-bond donors (Lipinski definition) is 1. The van der Waals surface area contributed by atoms with Crippen molar-refractivity contribution in [1.29, 1.82) is 0 Å². The van der Waals surface area contributed by atoms with Crippen molar-refractivity contribution in [2.24, 2.45) is 5.41 Å². The van der Waals surface area contributed by atoms with Crippen LogP contribution in [0.4, 0.5) is 0 Å². The van der Waals surface area contributed by atoms with Gasteiger partial charge in [-0.25, -0.2) is 0 Å². The van der Waals surface area contributed by atoms with Crippen LogP contribution in [0.15, 0.2) is 11.6 Å². The number of carbonyl (C=O) groups excluding carboxylic acids is 1. The molecule has 0 aromatic carbocycles. The third kappa shape index (κ3) is 6.77. The highest BCUT2D eigenvalue weighted by Gasteiger charge is 2.33. The van der Waals surface area contributed by atoms with Crippen molar-refractivity contribution in [2.75, 3.05) is 12.8 Å². The SMILES string of the molecule is CCOP(=O)(O)CC(=O)C(C)(C)CC=C(C)C. The van der Waals surface area contributed by atoms with E-state index in [9.17, 15) is 14.3 Å². The smallest absolute Gasteiger partial charge is 0.324 e. The second-order valence-corrected chi connectivity index (χ2v) is 6.86. The largest absolute Gasteiger partial charge is 0.335 e. The zero-order valence-electron chi connectivity index (χ0n) is 11.3. The average Bonchev–Trinajstić information content (AvgIpc) is 2.13. The molecule has 4 nitrogen and oxygen atoms in total. The Morgan fingerprint density at radius 1 is 1.41 bits per heavy atom. The van der Waals surface area contributed by atoms with E-state index in [0.29, 0.717) is 6.42 Å². The summed E-state index contributed by atoms with van der Waals surface area (Å²) < 4.78 is 16.2. The van der Waals surface area contributed by atoms with Gasteiger partial charge in [-0.05, 0) is 27.2 Å². The van der Waals surface area contributed by atoms with Crippen LogP contribution in [-0.2, 0) is 13.9 Å². The van der Waals surface area contributed by atoms with Crippen LogP contribution in [0, 0.1) is 5.41 Å². The maximum atomic E-state index is 11.9. The topological polar surface area (TPSA) is 63.6 Å². The summed E-state index contributed by atoms with van der Waals surface area (Å²) in [7, 11) is -3.76. The van der Waals surface area contributed by atoms with Crippen LogP contribution in [-0.4, -0.2) is 23.4 Å². The lowest BCUT2D eigenvalue weighted by Gasteiger charge is -2.22. The molecule has 0 radical (unpaired) electrons. The van der Waals surface area contributed by atoms with Crippen molar-refractivity contribution in [3.63, 3.8) is 0 Å². The van der Waals surface area contributed by atoms with Gasteiger partial charge in [-0.3, -0.25) is 9.36 Å². The fraction of sp³-hybridized carbons (Fsp3) is 0.750. The van der Waals surface area contributed by atoms with Crippen LogP contribution in [0.5, 0.6) is 0 Å². The summed E-state index contributed by atoms with van der Waals surface area (Å²) >= 11 is 0. The van der Waals surface area contributed by atoms with Gasteiger partial charge < -0.3 is 9.42 Å². The van der Waals surface area contributed by atoms with E-state index in [2.05, 4.69) is 0 Å². The van der Waals surface area contributed by atoms with Crippen molar-refractivity contribution < 1.29 is 18.8 Å². The molecule has 0 spiro atoms. The first-order chi connectivity index (χ1) is 7.60. The molecule has 0 saturated carbocycles. The molecule has 0 aromatic rings. The van der Waals surface area contributed by atoms with Gasteiger partial charge in [0.1, 0.15) is 6.16 Å². The summed E-state index contributed by atoms with van der Waals surface area (Å²) in [5.74, 6) is -0.241. The van der Waals surface area contributed by atoms with Crippen LogP contribution >= 0.6 is 7.60 Å². The van der Waals surface area contributed by atoms with Crippen LogP contribution in [0.2, 0.25) is 0 Å². The molecule has 5 heteroatoms. The lowest BCUT2D eigenvalue weighted by atomic mass is 9.85. The molecule has 0 fully saturated rings. The van der Waals surface area contributed by atoms with Crippen LogP contribution in [0.3, 0.4) is 0 Å². The summed E-state index contributed by atoms with van der Waals surface area (Å²) in [5, 5.41) is 0. The number of ketones is 1. The molecule has 0 bridgehead atoms. The Morgan fingerprint density at radius 3 is 2.35 bits per heavy atom. The van der Waals surface area contributed by atoms with Gasteiger partial charge in [0.2, 0.25) is 0 Å². The molecule has 0 amide bonds. The van der Waals surface area contributed by atoms with E-state index >= 15 is 0 Å². The van der Waals surface area contributed by atoms with Gasteiger partial charge in [0.25, 0.3) is 0 Å². The van der Waals surface area contributed by atoms with Gasteiger partial charge >= 0.3 is 7.60 Å². The Labute approximate surface area is 104 Å². The molecule has 0 aliphatic heterocycles. The van der Waals surface area contributed by atoms with Crippen molar-refractivity contribution in [2.45, 2.75) is 41.0 Å². The van der Waals surface area contributed by atoms with E-state index in [0.717, 1.165) is 5.57 Å². The molecular formula is C12H23O4P. The Hall–Kier alpha value is -0.440. The highest BCUT2D eigenvalue weighted by Crippen LogP contribution is 2.43. The Morgan fingerprint density at radius 2 is 1.94 bits per heavy atom. The zero-order valence-corrected chi connectivity index (χ0v) is 12.2. The first kappa shape index (κ1) is 16.6. The van der Waals surface area contributed by atoms with Gasteiger partial charge in [0, 0.05) is 5.41 Å². The van der Waals surface area contributed by atoms with Gasteiger partial charge in [-0.2, -0.15) is 0 Å². The number of hydrogen-bond acceptors (Lipinski definition) is 3. The molecule has 0 aliphatic rings. The molecule has 1 N–H and O–H groups in total. The van der Waals surface area contributed by atoms with Crippen molar-refractivity contribution in [3.8, 4) is 0 Å². The van der Waals surface area contributed by atoms with E-state index < -0.39 is 19.2 Å². The minimum absolute atomic E-state index is 0.134. The lowest BCUT2D eigenvalue weighted by molar-refractivity contribution is -0.124. The van der Waals surface area contributed by atoms with E-state index in [1.807, 2.05) is 19.9 Å². The fourth-order valence-electron chi connectivity index (χ4n) is 1.22. The third-order valence-electron chi connectivity index (χ3n) is 2.45. The predicted molar refractivity (Wildman–Crippen MR) is 69.2 cm³/mol. The maximum Gasteiger partial charge on any atom is 0.335 e. The summed E-state index contributed by atoms with van der Waals surface area (Å²) in [6.45, 7) is 9.23. The quantitative estimate of drug-likeness (QED) is 0.565. The molecule has 17 heavy (non-hydrogen) atoms. The molecule has 0 aromatic heterocycles. The fourth-order valence-corrected chi connectivity index (χ4v) is 2.50. The molecule has 0 rings (SSSR count). The van der Waals surface area contributed by atoms with E-state index in [1.54, 1.807) is 20.8 Å². The minimum Gasteiger partial charge on any atom is -0.324 e. The van der Waals surface area contributed by atoms with Gasteiger partial charge in [-0.1, -0.05) is 25.5 Å². The summed E-state index contributed by atoms with van der Waals surface area (Å²) in [4.78, 5) is 21.3. The second-order valence-electron chi connectivity index (χ2n) is 5.01. The normalized spacial score (nSPS) is 15.2. The summed E-state index contributed by atoms with van der Waals surface area (Å²) in [6, 6.07) is 0. The van der Waals surface area contributed by atoms with E-state index in [-0.39, 0.29) is 12.4 Å². The zero-order chi connectivity index (χ0) is 13.7. The molecule has 1 unspecified atom stereocenters. The van der Waals surface area contributed by atoms with Crippen molar-refractivity contribution >= 4 is 13.4 Å². The molecule has 0 saturated heterocycles. The average molecular weight is 262 g/mol. The molecule has 100 valence electrons. The van der Waals surface area contributed by atoms with Gasteiger partial charge in [0.15, 0.2) is 5.78 Å². The van der Waals surface area contributed by atoms with E-state index in [1.165, 1.54) is 0 Å². The summed E-state index contributed by atoms with van der Waals surface area (Å²) in [5.41, 5.74) is 0.495. The monoisotopic (exact) mass is 262 g/mol. The molecule has 0 heterocycles. The Balaban J connectivity index is 4.59. The minimum atomic E-state index is -3.76. The van der Waals surface area contributed by atoms with Gasteiger partial charge in [0.05, 0.1) is 6.61 Å². The third-order valence-corrected chi connectivity index (χ3v) is 3.80. The molecule has 1 atom stereocenters. The van der Waals surface area contributed by atoms with Crippen molar-refractivity contribution in [1.82, 2.24) is 0 Å². The standard InChI is InChI=1S/C12H23O4P/c1-6-16-17(14,15)9-11(13)12(4,5)8-7-10(2)3/h7H,6,8-9H2,1-5H3,(H,14,15). The second kappa shape index (κ2) is 6.48. The number of carbonyl (C=O) groups is 1.